The van der Waals surface area contributed by atoms with Crippen LogP contribution in [0.4, 0.5) is 5.69 Å². The topological polar surface area (TPSA) is 156 Å². The van der Waals surface area contributed by atoms with E-state index in [0.29, 0.717) is 35.6 Å². The molecular weight excluding hydrogens is 466 g/mol. The lowest BCUT2D eigenvalue weighted by Crippen LogP contribution is -2.33. The summed E-state index contributed by atoms with van der Waals surface area (Å²) in [6.07, 6.45) is 6.42. The Kier molecular flexibility index (Phi) is 6.22. The van der Waals surface area contributed by atoms with Crippen LogP contribution >= 0.6 is 11.5 Å². The number of aromatic nitrogens is 8. The molecule has 5 rings (SSSR count). The maximum atomic E-state index is 8.50. The highest BCUT2D eigenvalue weighted by Gasteiger charge is 2.10. The quantitative estimate of drug-likeness (QED) is 0.222. The van der Waals surface area contributed by atoms with E-state index >= 15 is 0 Å². The van der Waals surface area contributed by atoms with Crippen molar-refractivity contribution in [2.24, 2.45) is 0 Å². The van der Waals surface area contributed by atoms with Crippen molar-refractivity contribution in [2.45, 2.75) is 13.5 Å². The van der Waals surface area contributed by atoms with Gasteiger partial charge in [-0.15, -0.1) is 0 Å². The van der Waals surface area contributed by atoms with Gasteiger partial charge in [0, 0.05) is 12.3 Å². The van der Waals surface area contributed by atoms with Crippen LogP contribution in [0.5, 0.6) is 5.75 Å². The van der Waals surface area contributed by atoms with E-state index in [1.807, 2.05) is 19.1 Å². The monoisotopic (exact) mass is 487 g/mol. The SMILES string of the molecule is Cc1cc(-c2ccc(=N)n(C(=N)CNc3ccnc4cc(OCCn5cncn5)cnc34)n2)sn1. The number of rotatable bonds is 8. The zero-order chi connectivity index (χ0) is 24.2. The summed E-state index contributed by atoms with van der Waals surface area (Å²) in [5.74, 6) is 0.722. The Labute approximate surface area is 203 Å². The van der Waals surface area contributed by atoms with Crippen molar-refractivity contribution in [3.63, 3.8) is 0 Å². The molecule has 0 fully saturated rings. The number of hydrogen-bond donors (Lipinski definition) is 3. The molecule has 0 aliphatic carbocycles. The molecule has 0 spiro atoms. The van der Waals surface area contributed by atoms with Crippen molar-refractivity contribution in [2.75, 3.05) is 18.5 Å². The number of ether oxygens (including phenoxy) is 1. The minimum absolute atomic E-state index is 0.118. The van der Waals surface area contributed by atoms with Crippen molar-refractivity contribution >= 4 is 34.1 Å². The smallest absolute Gasteiger partial charge is 0.148 e. The largest absolute Gasteiger partial charge is 0.490 e. The first-order valence-electron chi connectivity index (χ1n) is 10.7. The summed E-state index contributed by atoms with van der Waals surface area (Å²) in [5, 5.41) is 28.4. The summed E-state index contributed by atoms with van der Waals surface area (Å²) in [4.78, 5) is 13.7. The summed E-state index contributed by atoms with van der Waals surface area (Å²) in [7, 11) is 0. The second-order valence-electron chi connectivity index (χ2n) is 7.55. The first-order valence-corrected chi connectivity index (χ1v) is 11.4. The molecule has 0 aliphatic rings. The first kappa shape index (κ1) is 22.3. The van der Waals surface area contributed by atoms with E-state index < -0.39 is 0 Å². The predicted octanol–water partition coefficient (Wildman–Crippen LogP) is 2.35. The van der Waals surface area contributed by atoms with Gasteiger partial charge in [0.05, 0.1) is 41.1 Å². The number of pyridine rings is 2. The van der Waals surface area contributed by atoms with Gasteiger partial charge in [0.15, 0.2) is 0 Å². The Morgan fingerprint density at radius 2 is 2.11 bits per heavy atom. The van der Waals surface area contributed by atoms with Gasteiger partial charge in [-0.2, -0.15) is 19.3 Å². The van der Waals surface area contributed by atoms with Crippen LogP contribution in [0.15, 0.2) is 55.4 Å². The van der Waals surface area contributed by atoms with E-state index in [4.69, 9.17) is 15.6 Å². The second kappa shape index (κ2) is 9.77. The lowest BCUT2D eigenvalue weighted by Gasteiger charge is -2.12. The van der Waals surface area contributed by atoms with Gasteiger partial charge in [-0.25, -0.2) is 14.6 Å². The Morgan fingerprint density at radius 3 is 2.91 bits per heavy atom. The van der Waals surface area contributed by atoms with E-state index in [0.717, 1.165) is 16.3 Å². The zero-order valence-corrected chi connectivity index (χ0v) is 19.5. The fraction of sp³-hybridized carbons (Fsp3) is 0.182. The molecule has 12 nitrogen and oxygen atoms in total. The molecule has 5 aromatic rings. The molecule has 0 radical (unpaired) electrons. The van der Waals surface area contributed by atoms with E-state index in [2.05, 4.69) is 34.8 Å². The van der Waals surface area contributed by atoms with E-state index in [9.17, 15) is 0 Å². The van der Waals surface area contributed by atoms with Crippen LogP contribution in [0, 0.1) is 17.7 Å². The molecule has 0 atom stereocenters. The van der Waals surface area contributed by atoms with Gasteiger partial charge in [-0.3, -0.25) is 15.8 Å². The highest BCUT2D eigenvalue weighted by Crippen LogP contribution is 2.23. The summed E-state index contributed by atoms with van der Waals surface area (Å²) in [6, 6.07) is 8.94. The van der Waals surface area contributed by atoms with Crippen molar-refractivity contribution in [3.05, 3.63) is 66.6 Å². The molecule has 13 heteroatoms. The van der Waals surface area contributed by atoms with Gasteiger partial charge in [0.1, 0.15) is 47.5 Å². The molecule has 0 unspecified atom stereocenters. The highest BCUT2D eigenvalue weighted by molar-refractivity contribution is 7.09. The number of nitrogens with one attached hydrogen (secondary N) is 3. The van der Waals surface area contributed by atoms with Crippen LogP contribution in [0.1, 0.15) is 5.69 Å². The third kappa shape index (κ3) is 5.04. The Balaban J connectivity index is 1.28. The van der Waals surface area contributed by atoms with Gasteiger partial charge in [-0.1, -0.05) is 0 Å². The van der Waals surface area contributed by atoms with Gasteiger partial charge in [-0.05, 0) is 42.7 Å². The molecular formula is C22H21N11OS. The van der Waals surface area contributed by atoms with Gasteiger partial charge in [0.25, 0.3) is 0 Å². The average molecular weight is 488 g/mol. The molecule has 5 aromatic heterocycles. The van der Waals surface area contributed by atoms with E-state index in [-0.39, 0.29) is 17.9 Å². The molecule has 0 aromatic carbocycles. The van der Waals surface area contributed by atoms with Crippen LogP contribution in [-0.2, 0) is 6.54 Å². The summed E-state index contributed by atoms with van der Waals surface area (Å²) in [5.41, 5.74) is 3.73. The number of nitrogens with zero attached hydrogens (tertiary/aromatic N) is 8. The standard InChI is InChI=1S/C22H21N11OS/c1-14-8-19(35-31-14)16-2-3-20(23)33(30-16)21(24)11-27-17-4-5-26-18-9-15(10-28-22(17)18)34-7-6-32-13-25-12-29-32/h2-5,8-10,12-13,23-24H,6-7,11H2,1H3,(H,26,27). The molecule has 3 N–H and O–H groups in total. The third-order valence-corrected chi connectivity index (χ3v) is 5.93. The van der Waals surface area contributed by atoms with Crippen molar-refractivity contribution < 1.29 is 4.74 Å². The lowest BCUT2D eigenvalue weighted by molar-refractivity contribution is 0.290. The maximum absolute atomic E-state index is 8.50. The normalized spacial score (nSPS) is 11.0. The predicted molar refractivity (Wildman–Crippen MR) is 131 cm³/mol. The first-order chi connectivity index (χ1) is 17.1. The maximum Gasteiger partial charge on any atom is 0.148 e. The Bertz CT molecular complexity index is 1540. The van der Waals surface area contributed by atoms with E-state index in [1.165, 1.54) is 22.5 Å². The van der Waals surface area contributed by atoms with Gasteiger partial charge in [0.2, 0.25) is 0 Å². The zero-order valence-electron chi connectivity index (χ0n) is 18.7. The third-order valence-electron chi connectivity index (χ3n) is 5.03. The fourth-order valence-corrected chi connectivity index (χ4v) is 4.06. The summed E-state index contributed by atoms with van der Waals surface area (Å²) in [6.45, 7) is 3.06. The second-order valence-corrected chi connectivity index (χ2v) is 8.36. The van der Waals surface area contributed by atoms with Crippen molar-refractivity contribution in [1.82, 2.24) is 38.9 Å². The molecule has 5 heterocycles. The minimum atomic E-state index is 0.118. The molecule has 0 aliphatic heterocycles. The summed E-state index contributed by atoms with van der Waals surface area (Å²) < 4.78 is 13.0. The van der Waals surface area contributed by atoms with Gasteiger partial charge < -0.3 is 10.1 Å². The Morgan fingerprint density at radius 1 is 1.20 bits per heavy atom. The molecule has 0 saturated carbocycles. The lowest BCUT2D eigenvalue weighted by atomic mass is 10.2. The molecule has 0 bridgehead atoms. The number of hydrogen-bond acceptors (Lipinski definition) is 11. The van der Waals surface area contributed by atoms with Crippen LogP contribution in [0.25, 0.3) is 21.6 Å². The van der Waals surface area contributed by atoms with Crippen LogP contribution in [0.2, 0.25) is 0 Å². The minimum Gasteiger partial charge on any atom is -0.490 e. The van der Waals surface area contributed by atoms with E-state index in [1.54, 1.807) is 41.6 Å². The van der Waals surface area contributed by atoms with Crippen LogP contribution < -0.4 is 15.5 Å². The fourth-order valence-electron chi connectivity index (χ4n) is 3.34. The van der Waals surface area contributed by atoms with Gasteiger partial charge >= 0.3 is 0 Å². The molecule has 35 heavy (non-hydrogen) atoms. The number of fused-ring (bicyclic) bond motifs is 1. The highest BCUT2D eigenvalue weighted by atomic mass is 32.1. The van der Waals surface area contributed by atoms with Crippen molar-refractivity contribution in [3.8, 4) is 16.3 Å². The molecule has 176 valence electrons. The number of aryl methyl sites for hydroxylation is 1. The Hall–Kier alpha value is -4.52. The van der Waals surface area contributed by atoms with Crippen LogP contribution in [0.3, 0.4) is 0 Å². The molecule has 0 saturated heterocycles. The molecule has 0 amide bonds. The summed E-state index contributed by atoms with van der Waals surface area (Å²) >= 11 is 1.34. The number of anilines is 1. The van der Waals surface area contributed by atoms with Crippen LogP contribution in [-0.4, -0.2) is 57.9 Å². The van der Waals surface area contributed by atoms with Crippen molar-refractivity contribution in [1.29, 1.82) is 10.8 Å². The average Bonchev–Trinajstić information content (AvgIpc) is 3.54.